The highest BCUT2D eigenvalue weighted by Crippen LogP contribution is 2.20. The predicted octanol–water partition coefficient (Wildman–Crippen LogP) is 4.20. The molecule has 4 atom stereocenters. The van der Waals surface area contributed by atoms with Crippen LogP contribution in [0.2, 0.25) is 0 Å². The number of pyridine rings is 1. The van der Waals surface area contributed by atoms with Crippen molar-refractivity contribution in [3.8, 4) is 0 Å². The second-order valence-electron chi connectivity index (χ2n) is 11.1. The van der Waals surface area contributed by atoms with Crippen molar-refractivity contribution in [2.24, 2.45) is 11.7 Å². The zero-order chi connectivity index (χ0) is 30.8. The number of aromatic nitrogens is 1. The second kappa shape index (κ2) is 15.4. The van der Waals surface area contributed by atoms with E-state index in [9.17, 15) is 18.8 Å². The maximum absolute atomic E-state index is 13.5. The summed E-state index contributed by atoms with van der Waals surface area (Å²) < 4.78 is 18.6. The van der Waals surface area contributed by atoms with E-state index in [1.165, 1.54) is 36.5 Å². The zero-order valence-electron chi connectivity index (χ0n) is 24.7. The average molecular weight is 590 g/mol. The van der Waals surface area contributed by atoms with Crippen LogP contribution >= 0.6 is 0 Å². The first kappa shape index (κ1) is 31.8. The van der Waals surface area contributed by atoms with Gasteiger partial charge in [-0.1, -0.05) is 37.3 Å². The number of likely N-dealkylation sites (tertiary alicyclic amines) is 1. The second-order valence-corrected chi connectivity index (χ2v) is 11.1. The smallest absolute Gasteiger partial charge is 0.272 e. The van der Waals surface area contributed by atoms with Gasteiger partial charge in [0.15, 0.2) is 0 Å². The molecule has 43 heavy (non-hydrogen) atoms. The minimum absolute atomic E-state index is 0.0268. The van der Waals surface area contributed by atoms with Crippen LogP contribution in [0.25, 0.3) is 0 Å². The van der Waals surface area contributed by atoms with E-state index in [2.05, 4.69) is 15.6 Å². The van der Waals surface area contributed by atoms with Crippen LogP contribution in [0.1, 0.15) is 59.0 Å². The summed E-state index contributed by atoms with van der Waals surface area (Å²) in [5, 5.41) is 5.83. The maximum atomic E-state index is 13.5. The number of hydrogen-bond donors (Lipinski definition) is 3. The van der Waals surface area contributed by atoms with Gasteiger partial charge in [0.1, 0.15) is 11.5 Å². The number of benzene rings is 2. The Balaban J connectivity index is 1.46. The number of hydrogen-bond acceptors (Lipinski definition) is 6. The summed E-state index contributed by atoms with van der Waals surface area (Å²) in [6, 6.07) is 17.2. The Hall–Kier alpha value is -4.15. The van der Waals surface area contributed by atoms with Crippen molar-refractivity contribution in [1.82, 2.24) is 15.2 Å². The molecule has 0 radical (unpaired) electrons. The lowest BCUT2D eigenvalue weighted by Crippen LogP contribution is -2.50. The van der Waals surface area contributed by atoms with Gasteiger partial charge in [0, 0.05) is 49.1 Å². The first-order chi connectivity index (χ1) is 20.7. The number of halogens is 1. The van der Waals surface area contributed by atoms with Crippen LogP contribution in [0.15, 0.2) is 72.9 Å². The number of carbonyl (C=O) groups is 3. The third-order valence-electron chi connectivity index (χ3n) is 7.81. The van der Waals surface area contributed by atoms with E-state index in [0.717, 1.165) is 24.8 Å². The molecule has 0 aliphatic carbocycles. The van der Waals surface area contributed by atoms with Crippen molar-refractivity contribution in [2.75, 3.05) is 25.6 Å². The third-order valence-corrected chi connectivity index (χ3v) is 7.81. The first-order valence-electron chi connectivity index (χ1n) is 14.7. The van der Waals surface area contributed by atoms with Gasteiger partial charge in [0.05, 0.1) is 12.6 Å². The number of rotatable bonds is 12. The number of nitrogens with one attached hydrogen (secondary N) is 2. The van der Waals surface area contributed by atoms with Crippen LogP contribution in [0.5, 0.6) is 0 Å². The normalized spacial score (nSPS) is 17.0. The fourth-order valence-corrected chi connectivity index (χ4v) is 5.38. The number of piperidine rings is 1. The van der Waals surface area contributed by atoms with Crippen LogP contribution in [-0.4, -0.2) is 66.0 Å². The summed E-state index contributed by atoms with van der Waals surface area (Å²) in [7, 11) is 1.62. The molecule has 1 aliphatic rings. The molecule has 1 aromatic heterocycles. The number of carbonyl (C=O) groups excluding carboxylic acids is 3. The van der Waals surface area contributed by atoms with Crippen LogP contribution < -0.4 is 16.4 Å². The molecule has 3 amide bonds. The Labute approximate surface area is 252 Å². The third kappa shape index (κ3) is 8.92. The lowest BCUT2D eigenvalue weighted by atomic mass is 9.92. The van der Waals surface area contributed by atoms with E-state index >= 15 is 0 Å². The van der Waals surface area contributed by atoms with Crippen molar-refractivity contribution in [3.05, 3.63) is 95.6 Å². The van der Waals surface area contributed by atoms with Crippen molar-refractivity contribution >= 4 is 23.4 Å². The Morgan fingerprint density at radius 3 is 2.56 bits per heavy atom. The number of nitrogens with two attached hydrogens (primary N) is 1. The van der Waals surface area contributed by atoms with E-state index in [1.54, 1.807) is 25.0 Å². The lowest BCUT2D eigenvalue weighted by Gasteiger charge is -2.35. The summed E-state index contributed by atoms with van der Waals surface area (Å²) in [6.45, 7) is 2.83. The summed E-state index contributed by atoms with van der Waals surface area (Å²) in [5.41, 5.74) is 8.60. The van der Waals surface area contributed by atoms with Gasteiger partial charge in [-0.05, 0) is 74.1 Å². The molecule has 4 N–H and O–H groups in total. The molecule has 0 saturated carbocycles. The Kier molecular flexibility index (Phi) is 11.4. The lowest BCUT2D eigenvalue weighted by molar-refractivity contribution is -0.119. The topological polar surface area (TPSA) is 127 Å². The van der Waals surface area contributed by atoms with Gasteiger partial charge in [-0.3, -0.25) is 19.4 Å². The fraction of sp³-hybridized carbons (Fsp3) is 0.394. The molecule has 1 saturated heterocycles. The molecule has 2 heterocycles. The minimum Gasteiger partial charge on any atom is -0.383 e. The molecule has 9 nitrogen and oxygen atoms in total. The maximum Gasteiger partial charge on any atom is 0.272 e. The number of anilines is 1. The molecule has 3 aromatic rings. The number of ether oxygens (including phenoxy) is 1. The fourth-order valence-electron chi connectivity index (χ4n) is 5.38. The first-order valence-corrected chi connectivity index (χ1v) is 14.7. The summed E-state index contributed by atoms with van der Waals surface area (Å²) >= 11 is 0. The van der Waals surface area contributed by atoms with Gasteiger partial charge >= 0.3 is 0 Å². The molecule has 1 fully saturated rings. The van der Waals surface area contributed by atoms with Crippen LogP contribution in [0.4, 0.5) is 10.1 Å². The minimum atomic E-state index is -0.566. The molecule has 0 bridgehead atoms. The van der Waals surface area contributed by atoms with Gasteiger partial charge in [-0.15, -0.1) is 0 Å². The van der Waals surface area contributed by atoms with Gasteiger partial charge in [0.25, 0.3) is 11.8 Å². The quantitative estimate of drug-likeness (QED) is 0.291. The van der Waals surface area contributed by atoms with Crippen LogP contribution in [0.3, 0.4) is 0 Å². The van der Waals surface area contributed by atoms with Gasteiger partial charge in [-0.25, -0.2) is 4.39 Å². The standard InChI is InChI=1S/C33H40FN5O4/c1-22(31(40)37-26-13-11-25(34)12-14-26)18-28(35)29(19-23-8-4-3-5-9-23)38-32(41)24-15-16-36-30(20-24)33(42)39-17-7-6-10-27(39)21-43-2/h3-5,8-9,11-16,20,22,27-29H,6-7,10,17-19,21,35H2,1-2H3,(H,37,40)(H,38,41)/t22-,27?,28+,29+/m1/s1. The average Bonchev–Trinajstić information content (AvgIpc) is 3.02. The zero-order valence-corrected chi connectivity index (χ0v) is 24.7. The molecule has 1 unspecified atom stereocenters. The predicted molar refractivity (Wildman–Crippen MR) is 163 cm³/mol. The van der Waals surface area contributed by atoms with Crippen LogP contribution in [0, 0.1) is 11.7 Å². The summed E-state index contributed by atoms with van der Waals surface area (Å²) in [5.74, 6) is -1.74. The molecule has 10 heteroatoms. The van der Waals surface area contributed by atoms with E-state index < -0.39 is 18.0 Å². The molecule has 228 valence electrons. The number of amides is 3. The van der Waals surface area contributed by atoms with Gasteiger partial charge in [0.2, 0.25) is 5.91 Å². The number of methoxy groups -OCH3 is 1. The van der Waals surface area contributed by atoms with E-state index in [0.29, 0.717) is 37.2 Å². The monoisotopic (exact) mass is 589 g/mol. The van der Waals surface area contributed by atoms with E-state index in [1.807, 2.05) is 30.3 Å². The highest BCUT2D eigenvalue weighted by molar-refractivity contribution is 5.98. The van der Waals surface area contributed by atoms with Crippen molar-refractivity contribution in [3.63, 3.8) is 0 Å². The SMILES string of the molecule is COCC1CCCCN1C(=O)c1cc(C(=O)N[C@@H](Cc2ccccc2)[C@@H](N)C[C@@H](C)C(=O)Nc2ccc(F)cc2)ccn1. The summed E-state index contributed by atoms with van der Waals surface area (Å²) in [4.78, 5) is 45.8. The molecular weight excluding hydrogens is 549 g/mol. The van der Waals surface area contributed by atoms with E-state index in [-0.39, 0.29) is 35.3 Å². The molecular formula is C33H40FN5O4. The Bertz CT molecular complexity index is 1370. The summed E-state index contributed by atoms with van der Waals surface area (Å²) in [6.07, 6.45) is 5.00. The highest BCUT2D eigenvalue weighted by Gasteiger charge is 2.29. The molecule has 2 aromatic carbocycles. The van der Waals surface area contributed by atoms with Gasteiger partial charge in [-0.2, -0.15) is 0 Å². The van der Waals surface area contributed by atoms with Crippen molar-refractivity contribution in [1.29, 1.82) is 0 Å². The van der Waals surface area contributed by atoms with Gasteiger partial charge < -0.3 is 26.0 Å². The van der Waals surface area contributed by atoms with Crippen molar-refractivity contribution in [2.45, 2.75) is 57.2 Å². The Morgan fingerprint density at radius 2 is 1.84 bits per heavy atom. The van der Waals surface area contributed by atoms with Crippen molar-refractivity contribution < 1.29 is 23.5 Å². The molecule has 4 rings (SSSR count). The van der Waals surface area contributed by atoms with Crippen LogP contribution in [-0.2, 0) is 16.0 Å². The Morgan fingerprint density at radius 1 is 1.09 bits per heavy atom. The molecule has 0 spiro atoms. The molecule has 1 aliphatic heterocycles. The largest absolute Gasteiger partial charge is 0.383 e. The van der Waals surface area contributed by atoms with E-state index in [4.69, 9.17) is 10.5 Å². The highest BCUT2D eigenvalue weighted by atomic mass is 19.1. The number of nitrogens with zero attached hydrogens (tertiary/aromatic N) is 2.